The quantitative estimate of drug-likeness (QED) is 0.817. The maximum absolute atomic E-state index is 4.11. The Morgan fingerprint density at radius 3 is 2.87 bits per heavy atom. The van der Waals surface area contributed by atoms with E-state index in [1.807, 2.05) is 4.68 Å². The molecule has 1 aromatic rings. The van der Waals surface area contributed by atoms with Crippen LogP contribution in [0.5, 0.6) is 0 Å². The zero-order chi connectivity index (χ0) is 10.5. The Hall–Kier alpha value is -0.900. The summed E-state index contributed by atoms with van der Waals surface area (Å²) in [6.45, 7) is 3.13. The molecule has 2 rings (SSSR count). The monoisotopic (exact) mass is 208 g/mol. The summed E-state index contributed by atoms with van der Waals surface area (Å²) in [5.74, 6) is 0. The molecule has 1 unspecified atom stereocenters. The topological polar surface area (TPSA) is 42.7 Å². The van der Waals surface area contributed by atoms with Crippen LogP contribution >= 0.6 is 0 Å². The molecule has 1 saturated carbocycles. The first kappa shape index (κ1) is 10.6. The Morgan fingerprint density at radius 2 is 2.20 bits per heavy atom. The largest absolute Gasteiger partial charge is 0.310 e. The van der Waals surface area contributed by atoms with Gasteiger partial charge in [0, 0.05) is 12.1 Å². The van der Waals surface area contributed by atoms with Crippen molar-refractivity contribution in [2.75, 3.05) is 0 Å². The van der Waals surface area contributed by atoms with E-state index in [9.17, 15) is 0 Å². The van der Waals surface area contributed by atoms with Crippen LogP contribution in [0.2, 0.25) is 0 Å². The van der Waals surface area contributed by atoms with Crippen LogP contribution in [0, 0.1) is 0 Å². The predicted molar refractivity (Wildman–Crippen MR) is 59.5 cm³/mol. The van der Waals surface area contributed by atoms with Gasteiger partial charge in [0.2, 0.25) is 0 Å². The third-order valence-electron chi connectivity index (χ3n) is 3.05. The van der Waals surface area contributed by atoms with Crippen molar-refractivity contribution in [3.63, 3.8) is 0 Å². The van der Waals surface area contributed by atoms with Gasteiger partial charge in [0.05, 0.1) is 6.54 Å². The number of rotatable bonds is 4. The number of hydrogen-bond acceptors (Lipinski definition) is 3. The summed E-state index contributed by atoms with van der Waals surface area (Å²) in [5, 5.41) is 7.78. The standard InChI is InChI=1S/C11H20N4/c1-10(7-15-9-12-8-13-15)14-11-5-3-2-4-6-11/h8-11,14H,2-7H2,1H3. The first-order valence-corrected chi connectivity index (χ1v) is 5.93. The predicted octanol–water partition coefficient (Wildman–Crippen LogP) is 1.59. The highest BCUT2D eigenvalue weighted by atomic mass is 15.3. The van der Waals surface area contributed by atoms with Crippen LogP contribution in [0.25, 0.3) is 0 Å². The third kappa shape index (κ3) is 3.30. The molecule has 0 saturated heterocycles. The first-order chi connectivity index (χ1) is 7.34. The number of nitrogens with zero attached hydrogens (tertiary/aromatic N) is 3. The minimum Gasteiger partial charge on any atom is -0.310 e. The third-order valence-corrected chi connectivity index (χ3v) is 3.05. The smallest absolute Gasteiger partial charge is 0.137 e. The highest BCUT2D eigenvalue weighted by Crippen LogP contribution is 2.17. The Kier molecular flexibility index (Phi) is 3.72. The van der Waals surface area contributed by atoms with E-state index in [0.29, 0.717) is 6.04 Å². The molecule has 0 bridgehead atoms. The summed E-state index contributed by atoms with van der Waals surface area (Å²) < 4.78 is 1.89. The number of aromatic nitrogens is 3. The molecule has 1 fully saturated rings. The second-order valence-electron chi connectivity index (χ2n) is 4.52. The molecular formula is C11H20N4. The fourth-order valence-corrected chi connectivity index (χ4v) is 2.33. The average molecular weight is 208 g/mol. The molecule has 0 aromatic carbocycles. The minimum atomic E-state index is 0.481. The molecule has 0 amide bonds. The normalized spacial score (nSPS) is 20.3. The lowest BCUT2D eigenvalue weighted by Crippen LogP contribution is -2.40. The van der Waals surface area contributed by atoms with E-state index >= 15 is 0 Å². The van der Waals surface area contributed by atoms with Gasteiger partial charge in [-0.15, -0.1) is 0 Å². The second kappa shape index (κ2) is 5.26. The van der Waals surface area contributed by atoms with Gasteiger partial charge in [-0.25, -0.2) is 4.98 Å². The molecule has 1 aliphatic carbocycles. The maximum atomic E-state index is 4.11. The van der Waals surface area contributed by atoms with Crippen molar-refractivity contribution in [1.29, 1.82) is 0 Å². The summed E-state index contributed by atoms with van der Waals surface area (Å²) in [6, 6.07) is 1.20. The molecule has 1 aromatic heterocycles. The summed E-state index contributed by atoms with van der Waals surface area (Å²) in [6.07, 6.45) is 10.2. The Morgan fingerprint density at radius 1 is 1.40 bits per heavy atom. The molecule has 4 heteroatoms. The highest BCUT2D eigenvalue weighted by molar-refractivity contribution is 4.75. The summed E-state index contributed by atoms with van der Waals surface area (Å²) in [7, 11) is 0. The summed E-state index contributed by atoms with van der Waals surface area (Å²) in [4.78, 5) is 3.95. The van der Waals surface area contributed by atoms with Gasteiger partial charge < -0.3 is 5.32 Å². The van der Waals surface area contributed by atoms with Crippen LogP contribution in [0.4, 0.5) is 0 Å². The molecule has 4 nitrogen and oxygen atoms in total. The molecule has 84 valence electrons. The summed E-state index contributed by atoms with van der Waals surface area (Å²) >= 11 is 0. The van der Waals surface area contributed by atoms with E-state index in [4.69, 9.17) is 0 Å². The van der Waals surface area contributed by atoms with Gasteiger partial charge in [0.25, 0.3) is 0 Å². The molecular weight excluding hydrogens is 188 g/mol. The fourth-order valence-electron chi connectivity index (χ4n) is 2.33. The van der Waals surface area contributed by atoms with E-state index in [1.54, 1.807) is 12.7 Å². The van der Waals surface area contributed by atoms with Gasteiger partial charge in [-0.05, 0) is 19.8 Å². The van der Waals surface area contributed by atoms with Gasteiger partial charge in [-0.2, -0.15) is 5.10 Å². The molecule has 0 radical (unpaired) electrons. The van der Waals surface area contributed by atoms with Crippen LogP contribution in [0.3, 0.4) is 0 Å². The maximum Gasteiger partial charge on any atom is 0.137 e. The van der Waals surface area contributed by atoms with E-state index in [-0.39, 0.29) is 0 Å². The van der Waals surface area contributed by atoms with Gasteiger partial charge in [0.15, 0.2) is 0 Å². The molecule has 0 aliphatic heterocycles. The van der Waals surface area contributed by atoms with Crippen LogP contribution in [-0.2, 0) is 6.54 Å². The van der Waals surface area contributed by atoms with Crippen molar-refractivity contribution < 1.29 is 0 Å². The number of nitrogens with one attached hydrogen (secondary N) is 1. The molecule has 1 heterocycles. The highest BCUT2D eigenvalue weighted by Gasteiger charge is 2.15. The van der Waals surface area contributed by atoms with Crippen LogP contribution in [0.1, 0.15) is 39.0 Å². The van der Waals surface area contributed by atoms with Crippen molar-refractivity contribution in [3.8, 4) is 0 Å². The Bertz CT molecular complexity index is 264. The van der Waals surface area contributed by atoms with E-state index < -0.39 is 0 Å². The minimum absolute atomic E-state index is 0.481. The Labute approximate surface area is 91.1 Å². The van der Waals surface area contributed by atoms with Gasteiger partial charge >= 0.3 is 0 Å². The molecule has 1 aliphatic rings. The van der Waals surface area contributed by atoms with Crippen LogP contribution in [-0.4, -0.2) is 26.8 Å². The molecule has 0 spiro atoms. The average Bonchev–Trinajstić information content (AvgIpc) is 2.71. The van der Waals surface area contributed by atoms with Crippen molar-refractivity contribution in [2.45, 2.75) is 57.7 Å². The van der Waals surface area contributed by atoms with Crippen molar-refractivity contribution >= 4 is 0 Å². The Balaban J connectivity index is 1.74. The molecule has 15 heavy (non-hydrogen) atoms. The summed E-state index contributed by atoms with van der Waals surface area (Å²) in [5.41, 5.74) is 0. The molecule has 1 N–H and O–H groups in total. The van der Waals surface area contributed by atoms with Crippen molar-refractivity contribution in [1.82, 2.24) is 20.1 Å². The van der Waals surface area contributed by atoms with Gasteiger partial charge in [-0.3, -0.25) is 4.68 Å². The SMILES string of the molecule is CC(Cn1cncn1)NC1CCCCC1. The van der Waals surface area contributed by atoms with Gasteiger partial charge in [-0.1, -0.05) is 19.3 Å². The zero-order valence-electron chi connectivity index (χ0n) is 9.39. The van der Waals surface area contributed by atoms with E-state index in [2.05, 4.69) is 22.3 Å². The zero-order valence-corrected chi connectivity index (χ0v) is 9.39. The lowest BCUT2D eigenvalue weighted by molar-refractivity contribution is 0.323. The van der Waals surface area contributed by atoms with E-state index in [1.165, 1.54) is 32.1 Å². The lowest BCUT2D eigenvalue weighted by atomic mass is 9.95. The van der Waals surface area contributed by atoms with Crippen molar-refractivity contribution in [2.24, 2.45) is 0 Å². The lowest BCUT2D eigenvalue weighted by Gasteiger charge is -2.26. The van der Waals surface area contributed by atoms with Crippen LogP contribution in [0.15, 0.2) is 12.7 Å². The first-order valence-electron chi connectivity index (χ1n) is 5.93. The fraction of sp³-hybridized carbons (Fsp3) is 0.818. The van der Waals surface area contributed by atoms with Crippen LogP contribution < -0.4 is 5.32 Å². The molecule has 1 atom stereocenters. The van der Waals surface area contributed by atoms with Crippen molar-refractivity contribution in [3.05, 3.63) is 12.7 Å². The number of hydrogen-bond donors (Lipinski definition) is 1. The van der Waals surface area contributed by atoms with E-state index in [0.717, 1.165) is 12.6 Å². The second-order valence-corrected chi connectivity index (χ2v) is 4.52. The van der Waals surface area contributed by atoms with Gasteiger partial charge in [0.1, 0.15) is 12.7 Å².